The number of ether oxygens (including phenoxy) is 4. The standard InChI is InChI=1S/C25H32O4.C21H28O2/c1-15(26)19-14-25(29-22(19)27)12-9-21-18-6-5-16-13-17(28-4)7-10-23(16,2)20(18)8-11-24(21,25)3;1-19-9-6-15(22-3)12-14(19)4-5-16-17(19)7-10-20(2)18(16)8-11-21(20)13-23-21/h5,8,13,18-19,21H,6-7,9-12,14H2,1-4H3;4,7,12,16,18H,5-6,8-11,13H2,1-3H3/t18?,19?,21?,23-,24-,25?;16?,18?,19-,20-,21?/m00/s1. The van der Waals surface area contributed by atoms with Crippen molar-refractivity contribution in [2.45, 2.75) is 129 Å². The fourth-order valence-electron chi connectivity index (χ4n) is 13.8. The number of hydrogen-bond donors (Lipinski definition) is 0. The quantitative estimate of drug-likeness (QED) is 0.126. The third-order valence-electron chi connectivity index (χ3n) is 17.4. The van der Waals surface area contributed by atoms with Crippen LogP contribution >= 0.6 is 0 Å². The largest absolute Gasteiger partial charge is 0.501 e. The highest BCUT2D eigenvalue weighted by atomic mass is 16.6. The van der Waals surface area contributed by atoms with Crippen LogP contribution in [0.4, 0.5) is 0 Å². The number of carbonyl (C=O) groups excluding carboxylic acids is 2. The molecule has 2 heterocycles. The smallest absolute Gasteiger partial charge is 0.317 e. The molecule has 0 radical (unpaired) electrons. The van der Waals surface area contributed by atoms with Crippen molar-refractivity contribution < 1.29 is 28.5 Å². The summed E-state index contributed by atoms with van der Waals surface area (Å²) in [5.41, 5.74) is 6.65. The summed E-state index contributed by atoms with van der Waals surface area (Å²) >= 11 is 0. The number of hydrogen-bond acceptors (Lipinski definition) is 6. The fourth-order valence-corrected chi connectivity index (χ4v) is 13.8. The molecular formula is C46H60O6. The van der Waals surface area contributed by atoms with E-state index in [0.717, 1.165) is 74.9 Å². The molecule has 0 bridgehead atoms. The Morgan fingerprint density at radius 1 is 0.731 bits per heavy atom. The van der Waals surface area contributed by atoms with Crippen LogP contribution in [0, 0.1) is 51.2 Å². The molecule has 0 N–H and O–H groups in total. The number of esters is 1. The topological polar surface area (TPSA) is 74.4 Å². The van der Waals surface area contributed by atoms with E-state index in [1.54, 1.807) is 25.4 Å². The molecule has 4 fully saturated rings. The monoisotopic (exact) mass is 708 g/mol. The van der Waals surface area contributed by atoms with Gasteiger partial charge < -0.3 is 18.9 Å². The van der Waals surface area contributed by atoms with Gasteiger partial charge in [0, 0.05) is 40.9 Å². The molecule has 6 nitrogen and oxygen atoms in total. The molecule has 6 heteroatoms. The third-order valence-corrected chi connectivity index (χ3v) is 17.4. The van der Waals surface area contributed by atoms with Gasteiger partial charge in [-0.15, -0.1) is 0 Å². The van der Waals surface area contributed by atoms with Crippen LogP contribution in [-0.2, 0) is 28.5 Å². The Balaban J connectivity index is 0.000000142. The zero-order valence-electron chi connectivity index (χ0n) is 32.7. The van der Waals surface area contributed by atoms with E-state index in [-0.39, 0.29) is 33.6 Å². The molecular weight excluding hydrogens is 649 g/mol. The number of methoxy groups -OCH3 is 2. The SMILES string of the molecule is COC1=CC2=CCC3C(=CC[C@@]4(C)C3CCC43CC(C(C)=O)C(=O)O3)[C@@]2(C)CC1.COC1=CC2=CCC3C(=CC[C@@]4(C)C3CCC43CO3)[C@@]2(C)CC1. The Hall–Kier alpha value is -2.86. The predicted octanol–water partition coefficient (Wildman–Crippen LogP) is 9.68. The van der Waals surface area contributed by atoms with Crippen molar-refractivity contribution in [3.05, 3.63) is 70.3 Å². The van der Waals surface area contributed by atoms with Crippen molar-refractivity contribution >= 4 is 11.8 Å². The summed E-state index contributed by atoms with van der Waals surface area (Å²) < 4.78 is 23.1. The summed E-state index contributed by atoms with van der Waals surface area (Å²) in [6, 6.07) is 0. The Labute approximate surface area is 311 Å². The summed E-state index contributed by atoms with van der Waals surface area (Å²) in [6.07, 6.45) is 28.5. The molecule has 2 aliphatic heterocycles. The lowest BCUT2D eigenvalue weighted by molar-refractivity contribution is -0.161. The highest BCUT2D eigenvalue weighted by molar-refractivity contribution is 5.99. The first-order valence-electron chi connectivity index (χ1n) is 20.5. The summed E-state index contributed by atoms with van der Waals surface area (Å²) in [5, 5.41) is 0. The number of carbonyl (C=O) groups is 2. The van der Waals surface area contributed by atoms with Gasteiger partial charge in [-0.05, 0) is 118 Å². The second kappa shape index (κ2) is 11.6. The maximum Gasteiger partial charge on any atom is 0.317 e. The molecule has 2 saturated heterocycles. The average molecular weight is 709 g/mol. The maximum atomic E-state index is 12.5. The minimum Gasteiger partial charge on any atom is -0.501 e. The normalized spacial score (nSPS) is 47.6. The molecule has 0 amide bonds. The van der Waals surface area contributed by atoms with Gasteiger partial charge in [-0.3, -0.25) is 9.59 Å². The molecule has 10 rings (SSSR count). The molecule has 52 heavy (non-hydrogen) atoms. The predicted molar refractivity (Wildman–Crippen MR) is 201 cm³/mol. The van der Waals surface area contributed by atoms with Gasteiger partial charge in [-0.1, -0.05) is 63.1 Å². The van der Waals surface area contributed by atoms with Gasteiger partial charge in [-0.2, -0.15) is 0 Å². The van der Waals surface area contributed by atoms with E-state index >= 15 is 0 Å². The van der Waals surface area contributed by atoms with E-state index in [9.17, 15) is 9.59 Å². The van der Waals surface area contributed by atoms with Crippen LogP contribution in [0.2, 0.25) is 0 Å². The highest BCUT2D eigenvalue weighted by Gasteiger charge is 2.69. The van der Waals surface area contributed by atoms with E-state index in [0.29, 0.717) is 23.7 Å². The first-order chi connectivity index (χ1) is 24.8. The number of Topliss-reactive ketones (excluding diaryl/α,β-unsaturated/α-hetero) is 1. The third kappa shape index (κ3) is 4.57. The molecule has 11 atom stereocenters. The van der Waals surface area contributed by atoms with Gasteiger partial charge in [0.2, 0.25) is 0 Å². The Morgan fingerprint density at radius 3 is 1.65 bits per heavy atom. The van der Waals surface area contributed by atoms with Crippen molar-refractivity contribution in [1.29, 1.82) is 0 Å². The highest BCUT2D eigenvalue weighted by Crippen LogP contribution is 2.70. The Kier molecular flexibility index (Phi) is 7.76. The van der Waals surface area contributed by atoms with Crippen molar-refractivity contribution in [3.8, 4) is 0 Å². The first kappa shape index (κ1) is 34.9. The second-order valence-corrected chi connectivity index (χ2v) is 19.2. The van der Waals surface area contributed by atoms with Gasteiger partial charge in [-0.25, -0.2) is 0 Å². The van der Waals surface area contributed by atoms with E-state index < -0.39 is 11.5 Å². The van der Waals surface area contributed by atoms with Crippen LogP contribution in [0.25, 0.3) is 0 Å². The van der Waals surface area contributed by atoms with Crippen molar-refractivity contribution in [2.75, 3.05) is 20.8 Å². The first-order valence-corrected chi connectivity index (χ1v) is 20.5. The summed E-state index contributed by atoms with van der Waals surface area (Å²) in [6.45, 7) is 12.2. The van der Waals surface area contributed by atoms with Gasteiger partial charge in [0.1, 0.15) is 17.3 Å². The van der Waals surface area contributed by atoms with Crippen molar-refractivity contribution in [3.63, 3.8) is 0 Å². The van der Waals surface area contributed by atoms with Crippen LogP contribution < -0.4 is 0 Å². The zero-order valence-corrected chi connectivity index (χ0v) is 32.7. The van der Waals surface area contributed by atoms with Gasteiger partial charge in [0.25, 0.3) is 0 Å². The molecule has 0 aromatic rings. The molecule has 10 aliphatic rings. The van der Waals surface area contributed by atoms with Crippen LogP contribution in [-0.4, -0.2) is 43.8 Å². The van der Waals surface area contributed by atoms with E-state index in [1.807, 2.05) is 0 Å². The lowest BCUT2D eigenvalue weighted by atomic mass is 9.51. The van der Waals surface area contributed by atoms with Crippen LogP contribution in [0.15, 0.2) is 70.3 Å². The number of rotatable bonds is 3. The fraction of sp³-hybridized carbons (Fsp3) is 0.696. The number of epoxide rings is 1. The number of allylic oxidation sites excluding steroid dienone is 12. The molecule has 8 aliphatic carbocycles. The van der Waals surface area contributed by atoms with Crippen LogP contribution in [0.1, 0.15) is 118 Å². The molecule has 0 aromatic carbocycles. The Bertz CT molecular complexity index is 1790. The Morgan fingerprint density at radius 2 is 1.21 bits per heavy atom. The van der Waals surface area contributed by atoms with Gasteiger partial charge in [0.05, 0.1) is 37.9 Å². The lowest BCUT2D eigenvalue weighted by Crippen LogP contribution is -2.50. The molecule has 280 valence electrons. The van der Waals surface area contributed by atoms with Crippen molar-refractivity contribution in [1.82, 2.24) is 0 Å². The van der Waals surface area contributed by atoms with E-state index in [4.69, 9.17) is 18.9 Å². The van der Waals surface area contributed by atoms with Gasteiger partial charge in [0.15, 0.2) is 0 Å². The minimum absolute atomic E-state index is 0.0494. The van der Waals surface area contributed by atoms with Crippen LogP contribution in [0.5, 0.6) is 0 Å². The maximum absolute atomic E-state index is 12.5. The lowest BCUT2D eigenvalue weighted by Gasteiger charge is -2.53. The average Bonchev–Trinajstić information content (AvgIpc) is 3.66. The van der Waals surface area contributed by atoms with E-state index in [1.165, 1.54) is 50.2 Å². The van der Waals surface area contributed by atoms with Crippen molar-refractivity contribution in [2.24, 2.45) is 51.2 Å². The minimum atomic E-state index is -0.567. The molecule has 2 saturated carbocycles. The molecule has 7 unspecified atom stereocenters. The number of ketones is 1. The number of fused-ring (bicyclic) bond motifs is 12. The van der Waals surface area contributed by atoms with Gasteiger partial charge >= 0.3 is 5.97 Å². The summed E-state index contributed by atoms with van der Waals surface area (Å²) in [4.78, 5) is 24.5. The molecule has 2 spiro atoms. The molecule has 0 aromatic heterocycles. The second-order valence-electron chi connectivity index (χ2n) is 19.2. The summed E-state index contributed by atoms with van der Waals surface area (Å²) in [5.74, 6) is 3.89. The zero-order chi connectivity index (χ0) is 36.5. The van der Waals surface area contributed by atoms with E-state index in [2.05, 4.69) is 64.2 Å². The van der Waals surface area contributed by atoms with Crippen LogP contribution in [0.3, 0.4) is 0 Å². The summed E-state index contributed by atoms with van der Waals surface area (Å²) in [7, 11) is 3.57.